The first-order valence-electron chi connectivity index (χ1n) is 17.9. The van der Waals surface area contributed by atoms with Gasteiger partial charge in [-0.2, -0.15) is 27.8 Å². The number of nitrogens with zero attached hydrogens (tertiary/aromatic N) is 7. The molecule has 1 unspecified atom stereocenters. The Morgan fingerprint density at radius 2 is 1.76 bits per heavy atom. The van der Waals surface area contributed by atoms with Crippen LogP contribution in [0.15, 0.2) is 48.7 Å². The smallest absolute Gasteiger partial charge is 0.416 e. The lowest BCUT2D eigenvalue weighted by molar-refractivity contribution is -0.137. The average molecular weight is 791 g/mol. The zero-order chi connectivity index (χ0) is 38.3. The van der Waals surface area contributed by atoms with Gasteiger partial charge in [0.05, 0.1) is 46.9 Å². The lowest BCUT2D eigenvalue weighted by Crippen LogP contribution is -2.50. The van der Waals surface area contributed by atoms with E-state index in [0.29, 0.717) is 48.1 Å². The fourth-order valence-electron chi connectivity index (χ4n) is 6.98. The molecule has 2 aromatic heterocycles. The normalized spacial score (nSPS) is 21.5. The van der Waals surface area contributed by atoms with E-state index in [1.54, 1.807) is 29.2 Å². The van der Waals surface area contributed by atoms with Gasteiger partial charge < -0.3 is 24.6 Å². The van der Waals surface area contributed by atoms with Crippen molar-refractivity contribution in [2.75, 3.05) is 75.0 Å². The Hall–Kier alpha value is -4.08. The standard InChI is InChI=1S/C36H42ClF3N8O5S/c37-31-22-30(6-3-26(31)23-41)53-29-4-1-25(2-5-29)35(49)43-33-8-7-32(44-45-33)27-10-12-46(24-27)17-18-52-19-20-54(50,51)48-15-13-47(14-16-48)34-21-28(9-11-42-34)36(38,39)40/h3,6-9,11,21-22,25,27,29H,1-2,4-5,10,12-20,24H2,(H,43,45,49). The second-order valence-electron chi connectivity index (χ2n) is 13.7. The van der Waals surface area contributed by atoms with Crippen molar-refractivity contribution in [3.05, 3.63) is 70.5 Å². The number of pyridine rings is 1. The fourth-order valence-corrected chi connectivity index (χ4v) is 8.50. The number of hydrogen-bond acceptors (Lipinski definition) is 11. The number of ether oxygens (including phenoxy) is 2. The minimum Gasteiger partial charge on any atom is -0.490 e. The molecule has 6 rings (SSSR count). The summed E-state index contributed by atoms with van der Waals surface area (Å²) in [6.07, 6.45) is 0.272. The summed E-state index contributed by atoms with van der Waals surface area (Å²) in [5.41, 5.74) is 0.444. The third-order valence-corrected chi connectivity index (χ3v) is 12.2. The van der Waals surface area contributed by atoms with Crippen LogP contribution < -0.4 is 15.0 Å². The van der Waals surface area contributed by atoms with Gasteiger partial charge in [-0.3, -0.25) is 4.79 Å². The van der Waals surface area contributed by atoms with Gasteiger partial charge >= 0.3 is 6.18 Å². The van der Waals surface area contributed by atoms with E-state index in [1.807, 2.05) is 12.1 Å². The number of benzene rings is 1. The fraction of sp³-hybridized carbons (Fsp3) is 0.528. The Labute approximate surface area is 317 Å². The van der Waals surface area contributed by atoms with Crippen LogP contribution in [0, 0.1) is 17.2 Å². The third kappa shape index (κ3) is 10.4. The minimum atomic E-state index is -4.48. The Morgan fingerprint density at radius 3 is 2.44 bits per heavy atom. The van der Waals surface area contributed by atoms with Crippen molar-refractivity contribution in [1.29, 1.82) is 5.26 Å². The predicted molar refractivity (Wildman–Crippen MR) is 195 cm³/mol. The first kappa shape index (κ1) is 39.6. The van der Waals surface area contributed by atoms with Crippen molar-refractivity contribution in [2.45, 2.75) is 50.3 Å². The second-order valence-corrected chi connectivity index (χ2v) is 16.2. The molecule has 0 radical (unpaired) electrons. The first-order chi connectivity index (χ1) is 25.9. The number of carbonyl (C=O) groups excluding carboxylic acids is 1. The van der Waals surface area contributed by atoms with Crippen molar-refractivity contribution in [1.82, 2.24) is 24.4 Å². The van der Waals surface area contributed by atoms with Crippen molar-refractivity contribution in [3.63, 3.8) is 0 Å². The maximum Gasteiger partial charge on any atom is 0.416 e. The minimum absolute atomic E-state index is 0.0328. The topological polar surface area (TPSA) is 154 Å². The number of likely N-dealkylation sites (tertiary alicyclic amines) is 1. The van der Waals surface area contributed by atoms with E-state index < -0.39 is 21.8 Å². The highest BCUT2D eigenvalue weighted by Crippen LogP contribution is 2.32. The molecular weight excluding hydrogens is 749 g/mol. The highest BCUT2D eigenvalue weighted by atomic mass is 35.5. The number of anilines is 2. The molecule has 18 heteroatoms. The number of halogens is 4. The van der Waals surface area contributed by atoms with Crippen molar-refractivity contribution in [3.8, 4) is 11.8 Å². The van der Waals surface area contributed by atoms with Crippen LogP contribution in [0.5, 0.6) is 5.75 Å². The molecule has 1 aromatic carbocycles. The number of rotatable bonds is 13. The third-order valence-electron chi connectivity index (χ3n) is 10.1. The van der Waals surface area contributed by atoms with Crippen molar-refractivity contribution < 1.29 is 35.9 Å². The van der Waals surface area contributed by atoms with E-state index in [1.165, 1.54) is 4.31 Å². The molecule has 3 aromatic rings. The van der Waals surface area contributed by atoms with Crippen LogP contribution >= 0.6 is 11.6 Å². The van der Waals surface area contributed by atoms with Gasteiger partial charge in [-0.15, -0.1) is 5.10 Å². The summed E-state index contributed by atoms with van der Waals surface area (Å²) in [7, 11) is -3.59. The molecule has 4 heterocycles. The van der Waals surface area contributed by atoms with Crippen molar-refractivity contribution >= 4 is 39.2 Å². The summed E-state index contributed by atoms with van der Waals surface area (Å²) in [5, 5.41) is 21.0. The largest absolute Gasteiger partial charge is 0.490 e. The monoisotopic (exact) mass is 790 g/mol. The summed E-state index contributed by atoms with van der Waals surface area (Å²) in [6, 6.07) is 12.6. The van der Waals surface area contributed by atoms with Crippen molar-refractivity contribution in [2.24, 2.45) is 5.92 Å². The number of carbonyl (C=O) groups is 1. The van der Waals surface area contributed by atoms with Crippen LogP contribution in [0.25, 0.3) is 0 Å². The summed E-state index contributed by atoms with van der Waals surface area (Å²) in [4.78, 5) is 20.9. The maximum atomic E-state index is 13.1. The zero-order valence-electron chi connectivity index (χ0n) is 29.5. The number of amides is 1. The Kier molecular flexibility index (Phi) is 12.9. The van der Waals surface area contributed by atoms with Crippen LogP contribution in [0.2, 0.25) is 5.02 Å². The van der Waals surface area contributed by atoms with Gasteiger partial charge in [0, 0.05) is 63.4 Å². The van der Waals surface area contributed by atoms with Crippen LogP contribution in [-0.4, -0.2) is 110 Å². The van der Waals surface area contributed by atoms with Gasteiger partial charge in [0.15, 0.2) is 5.82 Å². The highest BCUT2D eigenvalue weighted by Gasteiger charge is 2.33. The maximum absolute atomic E-state index is 13.1. The van der Waals surface area contributed by atoms with E-state index in [4.69, 9.17) is 26.3 Å². The van der Waals surface area contributed by atoms with E-state index in [-0.39, 0.29) is 68.2 Å². The molecular formula is C36H42ClF3N8O5S. The van der Waals surface area contributed by atoms with Crippen LogP contribution in [0.3, 0.4) is 0 Å². The Balaban J connectivity index is 0.852. The van der Waals surface area contributed by atoms with Gasteiger partial charge in [0.25, 0.3) is 0 Å². The molecule has 13 nitrogen and oxygen atoms in total. The lowest BCUT2D eigenvalue weighted by atomic mass is 9.86. The molecule has 2 aliphatic heterocycles. The van der Waals surface area contributed by atoms with Gasteiger partial charge in [-0.25, -0.2) is 13.4 Å². The van der Waals surface area contributed by atoms with E-state index in [2.05, 4.69) is 25.4 Å². The average Bonchev–Trinajstić information content (AvgIpc) is 3.64. The second kappa shape index (κ2) is 17.6. The zero-order valence-corrected chi connectivity index (χ0v) is 31.1. The van der Waals surface area contributed by atoms with E-state index in [0.717, 1.165) is 56.4 Å². The molecule has 0 bridgehead atoms. The Morgan fingerprint density at radius 1 is 0.981 bits per heavy atom. The molecule has 1 atom stereocenters. The lowest BCUT2D eigenvalue weighted by Gasteiger charge is -2.34. The molecule has 0 spiro atoms. The number of nitrogens with one attached hydrogen (secondary N) is 1. The number of piperazine rings is 1. The molecule has 3 aliphatic rings. The summed E-state index contributed by atoms with van der Waals surface area (Å²) in [5.74, 6) is 0.934. The molecule has 54 heavy (non-hydrogen) atoms. The molecule has 1 amide bonds. The molecule has 3 fully saturated rings. The summed E-state index contributed by atoms with van der Waals surface area (Å²) < 4.78 is 78.1. The van der Waals surface area contributed by atoms with E-state index in [9.17, 15) is 26.4 Å². The summed E-state index contributed by atoms with van der Waals surface area (Å²) in [6.45, 7) is 3.42. The number of sulfonamides is 1. The van der Waals surface area contributed by atoms with E-state index >= 15 is 0 Å². The Bertz CT molecular complexity index is 1900. The van der Waals surface area contributed by atoms with Gasteiger partial charge in [0.2, 0.25) is 15.9 Å². The highest BCUT2D eigenvalue weighted by molar-refractivity contribution is 7.89. The number of nitriles is 1. The number of hydrogen-bond donors (Lipinski definition) is 1. The molecule has 1 saturated carbocycles. The predicted octanol–water partition coefficient (Wildman–Crippen LogP) is 4.95. The number of aromatic nitrogens is 3. The number of alkyl halides is 3. The quantitative estimate of drug-likeness (QED) is 0.234. The molecule has 1 aliphatic carbocycles. The van der Waals surface area contributed by atoms with Crippen LogP contribution in [0.1, 0.15) is 54.8 Å². The van der Waals surface area contributed by atoms with Crippen LogP contribution in [0.4, 0.5) is 24.8 Å². The van der Waals surface area contributed by atoms with Gasteiger partial charge in [0.1, 0.15) is 17.6 Å². The van der Waals surface area contributed by atoms with Gasteiger partial charge in [-0.1, -0.05) is 11.6 Å². The van der Waals surface area contributed by atoms with Crippen LogP contribution in [-0.2, 0) is 25.7 Å². The molecule has 1 N–H and O–H groups in total. The first-order valence-corrected chi connectivity index (χ1v) is 19.9. The molecule has 2 saturated heterocycles. The SMILES string of the molecule is N#Cc1ccc(OC2CCC(C(=O)Nc3ccc(C4CCN(CCOCCS(=O)(=O)N5CCN(c6cc(C(F)(F)F)ccn6)CC5)C4)nn3)CC2)cc1Cl. The molecule has 290 valence electrons. The summed E-state index contributed by atoms with van der Waals surface area (Å²) >= 11 is 6.12. The van der Waals surface area contributed by atoms with Gasteiger partial charge in [-0.05, 0) is 75.0 Å².